The van der Waals surface area contributed by atoms with E-state index >= 15 is 0 Å². The molecule has 0 bridgehead atoms. The number of allylic oxidation sites excluding steroid dienone is 1. The summed E-state index contributed by atoms with van der Waals surface area (Å²) >= 11 is 0. The van der Waals surface area contributed by atoms with Gasteiger partial charge >= 0.3 is 0 Å². The Morgan fingerprint density at radius 3 is 2.23 bits per heavy atom. The summed E-state index contributed by atoms with van der Waals surface area (Å²) in [6.07, 6.45) is 0.874. The second-order valence-corrected chi connectivity index (χ2v) is 6.21. The van der Waals surface area contributed by atoms with Crippen molar-refractivity contribution in [2.75, 3.05) is 23.4 Å². The second-order valence-electron chi connectivity index (χ2n) is 6.21. The van der Waals surface area contributed by atoms with Gasteiger partial charge in [0.15, 0.2) is 5.84 Å². The summed E-state index contributed by atoms with van der Waals surface area (Å²) in [4.78, 5) is 4.01. The Balaban J connectivity index is 2.41. The molecule has 0 saturated heterocycles. The fraction of sp³-hybridized carbons (Fsp3) is 0.286. The van der Waals surface area contributed by atoms with Crippen LogP contribution < -0.4 is 15.6 Å². The molecule has 0 aromatic heterocycles. The Kier molecular flexibility index (Phi) is 6.28. The van der Waals surface area contributed by atoms with E-state index in [4.69, 9.17) is 5.84 Å². The van der Waals surface area contributed by atoms with Crippen LogP contribution in [0.15, 0.2) is 59.8 Å². The van der Waals surface area contributed by atoms with Crippen molar-refractivity contribution in [3.05, 3.63) is 65.9 Å². The maximum absolute atomic E-state index is 10.3. The predicted molar refractivity (Wildman–Crippen MR) is 111 cm³/mol. The number of aromatic hydroxyl groups is 1. The van der Waals surface area contributed by atoms with Crippen LogP contribution >= 0.6 is 0 Å². The Labute approximate surface area is 156 Å². The maximum atomic E-state index is 10.3. The number of aryl methyl sites for hydroxylation is 1. The molecule has 5 heteroatoms. The summed E-state index contributed by atoms with van der Waals surface area (Å²) in [6, 6.07) is 13.6. The highest BCUT2D eigenvalue weighted by atomic mass is 16.3. The second kappa shape index (κ2) is 8.43. The van der Waals surface area contributed by atoms with Crippen LogP contribution in [0.5, 0.6) is 5.75 Å². The van der Waals surface area contributed by atoms with Gasteiger partial charge in [-0.3, -0.25) is 0 Å². The number of phenolic OH excluding ortho intramolecular Hbond substituents is 1. The highest BCUT2D eigenvalue weighted by Crippen LogP contribution is 2.26. The van der Waals surface area contributed by atoms with Gasteiger partial charge in [-0.2, -0.15) is 5.10 Å². The molecule has 138 valence electrons. The molecule has 2 rings (SSSR count). The lowest BCUT2D eigenvalue weighted by atomic mass is 10.1. The number of nitrogens with two attached hydrogens (primary N) is 1. The Morgan fingerprint density at radius 2 is 1.73 bits per heavy atom. The standard InChI is InChI=1S/C21H28N4O/c1-6-16-8-13-20(26)19(14-16)21(23-22)25(7-2)18-11-9-17(10-12-18)24(5)15(3)4/h8-14,26H,3,6-7,22H2,1-2,4-5H3/b23-21-. The van der Waals surface area contributed by atoms with Crippen molar-refractivity contribution in [2.45, 2.75) is 27.2 Å². The van der Waals surface area contributed by atoms with Crippen LogP contribution in [-0.4, -0.2) is 24.5 Å². The summed E-state index contributed by atoms with van der Waals surface area (Å²) in [7, 11) is 1.98. The number of amidine groups is 1. The molecule has 0 radical (unpaired) electrons. The molecular weight excluding hydrogens is 324 g/mol. The van der Waals surface area contributed by atoms with Gasteiger partial charge in [0.1, 0.15) is 5.75 Å². The zero-order chi connectivity index (χ0) is 19.3. The quantitative estimate of drug-likeness (QED) is 0.356. The maximum Gasteiger partial charge on any atom is 0.163 e. The van der Waals surface area contributed by atoms with Gasteiger partial charge in [-0.1, -0.05) is 19.6 Å². The van der Waals surface area contributed by atoms with E-state index in [1.165, 1.54) is 0 Å². The van der Waals surface area contributed by atoms with Crippen molar-refractivity contribution in [3.63, 3.8) is 0 Å². The molecule has 0 amide bonds. The van der Waals surface area contributed by atoms with E-state index in [1.807, 2.05) is 67.1 Å². The van der Waals surface area contributed by atoms with E-state index < -0.39 is 0 Å². The molecule has 26 heavy (non-hydrogen) atoms. The number of nitrogens with zero attached hydrogens (tertiary/aromatic N) is 3. The van der Waals surface area contributed by atoms with E-state index in [2.05, 4.69) is 18.6 Å². The normalized spacial score (nSPS) is 11.3. The molecule has 2 aromatic rings. The first kappa shape index (κ1) is 19.4. The van der Waals surface area contributed by atoms with Gasteiger partial charge in [0.05, 0.1) is 5.56 Å². The van der Waals surface area contributed by atoms with E-state index in [9.17, 15) is 5.11 Å². The largest absolute Gasteiger partial charge is 0.507 e. The topological polar surface area (TPSA) is 65.1 Å². The van der Waals surface area contributed by atoms with Crippen LogP contribution in [0.1, 0.15) is 31.9 Å². The van der Waals surface area contributed by atoms with Crippen molar-refractivity contribution in [1.29, 1.82) is 0 Å². The molecule has 3 N–H and O–H groups in total. The molecule has 0 spiro atoms. The van der Waals surface area contributed by atoms with Gasteiger partial charge in [0.2, 0.25) is 0 Å². The first-order valence-electron chi connectivity index (χ1n) is 8.79. The lowest BCUT2D eigenvalue weighted by molar-refractivity contribution is 0.473. The number of benzene rings is 2. The van der Waals surface area contributed by atoms with Crippen molar-refractivity contribution in [3.8, 4) is 5.75 Å². The molecule has 5 nitrogen and oxygen atoms in total. The summed E-state index contributed by atoms with van der Waals surface area (Å²) in [5.74, 6) is 6.43. The number of hydrogen-bond donors (Lipinski definition) is 2. The predicted octanol–water partition coefficient (Wildman–Crippen LogP) is 4.07. The molecule has 0 aliphatic carbocycles. The lowest BCUT2D eigenvalue weighted by Gasteiger charge is -2.26. The molecule has 0 atom stereocenters. The Morgan fingerprint density at radius 1 is 1.12 bits per heavy atom. The number of hydrazone groups is 1. The third kappa shape index (κ3) is 3.99. The minimum Gasteiger partial charge on any atom is -0.507 e. The summed E-state index contributed by atoms with van der Waals surface area (Å²) < 4.78 is 0. The zero-order valence-corrected chi connectivity index (χ0v) is 16.0. The Bertz CT molecular complexity index is 796. The van der Waals surface area contributed by atoms with E-state index in [0.29, 0.717) is 17.9 Å². The fourth-order valence-corrected chi connectivity index (χ4v) is 2.80. The highest BCUT2D eigenvalue weighted by molar-refractivity contribution is 6.11. The van der Waals surface area contributed by atoms with Crippen molar-refractivity contribution < 1.29 is 5.11 Å². The van der Waals surface area contributed by atoms with E-state index in [0.717, 1.165) is 29.1 Å². The molecule has 0 unspecified atom stereocenters. The third-order valence-electron chi connectivity index (χ3n) is 4.53. The minimum atomic E-state index is 0.170. The third-order valence-corrected chi connectivity index (χ3v) is 4.53. The van der Waals surface area contributed by atoms with E-state index in [1.54, 1.807) is 6.07 Å². The van der Waals surface area contributed by atoms with Gasteiger partial charge in [0, 0.05) is 30.7 Å². The van der Waals surface area contributed by atoms with Crippen LogP contribution in [0.3, 0.4) is 0 Å². The average Bonchev–Trinajstić information content (AvgIpc) is 2.66. The highest BCUT2D eigenvalue weighted by Gasteiger charge is 2.18. The van der Waals surface area contributed by atoms with Crippen molar-refractivity contribution in [2.24, 2.45) is 10.9 Å². The number of rotatable bonds is 6. The van der Waals surface area contributed by atoms with Gasteiger partial charge in [-0.15, -0.1) is 0 Å². The molecule has 0 saturated carbocycles. The minimum absolute atomic E-state index is 0.170. The van der Waals surface area contributed by atoms with Crippen molar-refractivity contribution >= 4 is 17.2 Å². The fourth-order valence-electron chi connectivity index (χ4n) is 2.80. The van der Waals surface area contributed by atoms with Gasteiger partial charge in [-0.05, 0) is 62.2 Å². The zero-order valence-electron chi connectivity index (χ0n) is 16.0. The summed E-state index contributed by atoms with van der Waals surface area (Å²) in [6.45, 7) is 10.7. The number of hydrogen-bond acceptors (Lipinski definition) is 4. The van der Waals surface area contributed by atoms with Gasteiger partial charge < -0.3 is 20.7 Å². The molecule has 2 aromatic carbocycles. The van der Waals surface area contributed by atoms with Crippen LogP contribution in [0.4, 0.5) is 11.4 Å². The first-order valence-corrected chi connectivity index (χ1v) is 8.79. The summed E-state index contributed by atoms with van der Waals surface area (Å²) in [5, 5.41) is 14.3. The molecule has 0 fully saturated rings. The average molecular weight is 352 g/mol. The van der Waals surface area contributed by atoms with Crippen LogP contribution in [0.25, 0.3) is 0 Å². The van der Waals surface area contributed by atoms with Crippen LogP contribution in [0.2, 0.25) is 0 Å². The number of phenols is 1. The smallest absolute Gasteiger partial charge is 0.163 e. The van der Waals surface area contributed by atoms with Crippen LogP contribution in [0, 0.1) is 0 Å². The molecule has 0 heterocycles. The van der Waals surface area contributed by atoms with Gasteiger partial charge in [0.25, 0.3) is 0 Å². The molecule has 0 aliphatic rings. The van der Waals surface area contributed by atoms with Gasteiger partial charge in [-0.25, -0.2) is 0 Å². The van der Waals surface area contributed by atoms with Crippen LogP contribution in [-0.2, 0) is 6.42 Å². The lowest BCUT2D eigenvalue weighted by Crippen LogP contribution is -2.32. The monoisotopic (exact) mass is 352 g/mol. The SMILES string of the molecule is C=C(C)N(C)c1ccc(N(CC)/C(=N\N)c2cc(CC)ccc2O)cc1. The Hall–Kier alpha value is -2.95. The molecule has 0 aliphatic heterocycles. The molecular formula is C21H28N4O. The summed E-state index contributed by atoms with van der Waals surface area (Å²) in [5.41, 5.74) is 4.73. The number of anilines is 2. The van der Waals surface area contributed by atoms with E-state index in [-0.39, 0.29) is 5.75 Å². The first-order chi connectivity index (χ1) is 12.4. The van der Waals surface area contributed by atoms with Crippen molar-refractivity contribution in [1.82, 2.24) is 0 Å².